The summed E-state index contributed by atoms with van der Waals surface area (Å²) in [5.41, 5.74) is 3.01. The van der Waals surface area contributed by atoms with Crippen LogP contribution in [0.2, 0.25) is 0 Å². The van der Waals surface area contributed by atoms with Gasteiger partial charge in [0.25, 0.3) is 0 Å². The van der Waals surface area contributed by atoms with Gasteiger partial charge >= 0.3 is 0 Å². The van der Waals surface area contributed by atoms with Crippen LogP contribution in [0.1, 0.15) is 19.4 Å². The Morgan fingerprint density at radius 2 is 1.73 bits per heavy atom. The number of hydrogen-bond donors (Lipinski definition) is 2. The van der Waals surface area contributed by atoms with E-state index in [-0.39, 0.29) is 17.8 Å². The smallest absolute Gasteiger partial charge is 0.200 e. The van der Waals surface area contributed by atoms with Crippen LogP contribution in [-0.2, 0) is 7.05 Å². The fourth-order valence-corrected chi connectivity index (χ4v) is 4.92. The Labute approximate surface area is 253 Å². The molecule has 0 saturated carbocycles. The van der Waals surface area contributed by atoms with E-state index in [1.165, 1.54) is 12.1 Å². The Morgan fingerprint density at radius 3 is 2.48 bits per heavy atom. The number of pyridine rings is 3. The highest BCUT2D eigenvalue weighted by Crippen LogP contribution is 2.34. The first kappa shape index (κ1) is 28.8. The van der Waals surface area contributed by atoms with Crippen LogP contribution in [0.15, 0.2) is 96.2 Å². The van der Waals surface area contributed by atoms with E-state index in [4.69, 9.17) is 9.47 Å². The van der Waals surface area contributed by atoms with Crippen LogP contribution < -0.4 is 20.2 Å². The molecule has 0 saturated heterocycles. The molecule has 44 heavy (non-hydrogen) atoms. The lowest BCUT2D eigenvalue weighted by Crippen LogP contribution is -2.27. The highest BCUT2D eigenvalue weighted by Gasteiger charge is 2.17. The number of nitrogens with zero attached hydrogens (tertiary/aromatic N) is 3. The van der Waals surface area contributed by atoms with Gasteiger partial charge < -0.3 is 24.5 Å². The van der Waals surface area contributed by atoms with Crippen molar-refractivity contribution in [2.45, 2.75) is 26.4 Å². The maximum atomic E-state index is 15.4. The average molecular weight is 591 g/mol. The van der Waals surface area contributed by atoms with Crippen molar-refractivity contribution in [3.05, 3.63) is 113 Å². The van der Waals surface area contributed by atoms with Crippen LogP contribution in [0, 0.1) is 12.7 Å². The van der Waals surface area contributed by atoms with Gasteiger partial charge in [-0.25, -0.2) is 9.37 Å². The third-order valence-corrected chi connectivity index (χ3v) is 7.15. The molecule has 0 aliphatic heterocycles. The van der Waals surface area contributed by atoms with Crippen LogP contribution in [0.25, 0.3) is 32.9 Å². The van der Waals surface area contributed by atoms with E-state index in [1.807, 2.05) is 49.0 Å². The number of fused-ring (bicyclic) bond motifs is 2. The number of aryl methyl sites for hydroxylation is 2. The van der Waals surface area contributed by atoms with Crippen LogP contribution in [0.3, 0.4) is 0 Å². The minimum absolute atomic E-state index is 0.0221. The summed E-state index contributed by atoms with van der Waals surface area (Å²) in [6.07, 6.45) is 5.00. The number of benzene rings is 3. The van der Waals surface area contributed by atoms with E-state index in [9.17, 15) is 9.90 Å². The SMILES string of the molecule is Cc1ccc(-c2cn(C)c3ccnc(Nc4ccc(Oc5ccnc6cc(OCC(C)(C)O)ccc56)c(F)c4)c3c2=O)cc1. The predicted octanol–water partition coefficient (Wildman–Crippen LogP) is 7.28. The van der Waals surface area contributed by atoms with Gasteiger partial charge in [-0.2, -0.15) is 0 Å². The van der Waals surface area contributed by atoms with Crippen molar-refractivity contribution in [2.24, 2.45) is 7.05 Å². The molecule has 0 atom stereocenters. The zero-order chi connectivity index (χ0) is 31.0. The molecule has 2 N–H and O–H groups in total. The summed E-state index contributed by atoms with van der Waals surface area (Å²) in [5, 5.41) is 14.1. The zero-order valence-electron chi connectivity index (χ0n) is 24.8. The van der Waals surface area contributed by atoms with Gasteiger partial charge in [-0.3, -0.25) is 9.78 Å². The third-order valence-electron chi connectivity index (χ3n) is 7.15. The summed E-state index contributed by atoms with van der Waals surface area (Å²) < 4.78 is 28.9. The van der Waals surface area contributed by atoms with E-state index in [0.717, 1.165) is 11.1 Å². The fraction of sp³-hybridized carbons (Fsp3) is 0.171. The molecule has 8 nitrogen and oxygen atoms in total. The van der Waals surface area contributed by atoms with Crippen LogP contribution in [0.4, 0.5) is 15.9 Å². The first-order chi connectivity index (χ1) is 21.1. The number of nitrogens with one attached hydrogen (secondary N) is 1. The van der Waals surface area contributed by atoms with Gasteiger partial charge in [-0.15, -0.1) is 0 Å². The number of anilines is 2. The molecule has 3 aromatic carbocycles. The molecule has 9 heteroatoms. The van der Waals surface area contributed by atoms with Gasteiger partial charge in [-0.05, 0) is 62.7 Å². The molecule has 0 unspecified atom stereocenters. The molecule has 6 rings (SSSR count). The standard InChI is InChI=1S/C35H31FN4O4/c1-21-5-7-22(8-6-21)26-19-40(4)29-13-15-38-34(32(29)33(26)41)39-23-9-12-31(27(36)17-23)44-30-14-16-37-28-18-24(10-11-25(28)30)43-20-35(2,3)42/h5-19,42H,20H2,1-4H3,(H,38,39). The van der Waals surface area contributed by atoms with E-state index < -0.39 is 11.4 Å². The predicted molar refractivity (Wildman–Crippen MR) is 170 cm³/mol. The monoisotopic (exact) mass is 590 g/mol. The molecule has 0 aliphatic rings. The fourth-order valence-electron chi connectivity index (χ4n) is 4.92. The maximum Gasteiger partial charge on any atom is 0.200 e. The van der Waals surface area contributed by atoms with Gasteiger partial charge in [-0.1, -0.05) is 29.8 Å². The summed E-state index contributed by atoms with van der Waals surface area (Å²) in [6, 6.07) is 21.0. The molecule has 0 spiro atoms. The van der Waals surface area contributed by atoms with Crippen molar-refractivity contribution in [3.8, 4) is 28.4 Å². The lowest BCUT2D eigenvalue weighted by atomic mass is 10.0. The Hall–Kier alpha value is -5.28. The number of rotatable bonds is 8. The summed E-state index contributed by atoms with van der Waals surface area (Å²) in [5.74, 6) is 0.723. The second-order valence-electron chi connectivity index (χ2n) is 11.4. The molecule has 3 aromatic heterocycles. The van der Waals surface area contributed by atoms with Crippen molar-refractivity contribution in [1.29, 1.82) is 0 Å². The maximum absolute atomic E-state index is 15.4. The highest BCUT2D eigenvalue weighted by molar-refractivity contribution is 5.94. The van der Waals surface area contributed by atoms with Crippen LogP contribution in [-0.4, -0.2) is 31.8 Å². The Bertz CT molecular complexity index is 2070. The Morgan fingerprint density at radius 1 is 0.955 bits per heavy atom. The second-order valence-corrected chi connectivity index (χ2v) is 11.4. The van der Waals surface area contributed by atoms with E-state index in [2.05, 4.69) is 15.3 Å². The molecule has 0 aliphatic carbocycles. The van der Waals surface area contributed by atoms with Gasteiger partial charge in [0.15, 0.2) is 11.6 Å². The zero-order valence-corrected chi connectivity index (χ0v) is 24.8. The van der Waals surface area contributed by atoms with Gasteiger partial charge in [0.1, 0.15) is 23.9 Å². The molecular formula is C35H31FN4O4. The molecule has 3 heterocycles. The molecule has 0 fully saturated rings. The summed E-state index contributed by atoms with van der Waals surface area (Å²) in [7, 11) is 1.88. The Kier molecular flexibility index (Phi) is 7.48. The third kappa shape index (κ3) is 5.95. The minimum atomic E-state index is -0.977. The van der Waals surface area contributed by atoms with Gasteiger partial charge in [0, 0.05) is 54.4 Å². The van der Waals surface area contributed by atoms with E-state index in [1.54, 1.807) is 62.6 Å². The lowest BCUT2D eigenvalue weighted by Gasteiger charge is -2.18. The van der Waals surface area contributed by atoms with E-state index >= 15 is 4.39 Å². The highest BCUT2D eigenvalue weighted by atomic mass is 19.1. The van der Waals surface area contributed by atoms with Crippen molar-refractivity contribution < 1.29 is 19.0 Å². The van der Waals surface area contributed by atoms with Crippen molar-refractivity contribution in [2.75, 3.05) is 11.9 Å². The van der Waals surface area contributed by atoms with Gasteiger partial charge in [0.05, 0.1) is 22.0 Å². The van der Waals surface area contributed by atoms with E-state index in [0.29, 0.717) is 50.4 Å². The molecule has 222 valence electrons. The molecule has 0 bridgehead atoms. The number of aromatic nitrogens is 3. The van der Waals surface area contributed by atoms with Crippen LogP contribution >= 0.6 is 0 Å². The number of halogens is 1. The molecular weight excluding hydrogens is 559 g/mol. The molecule has 6 aromatic rings. The first-order valence-corrected chi connectivity index (χ1v) is 14.1. The van der Waals surface area contributed by atoms with Crippen LogP contribution in [0.5, 0.6) is 17.2 Å². The second kappa shape index (κ2) is 11.4. The number of ether oxygens (including phenoxy) is 2. The van der Waals surface area contributed by atoms with Gasteiger partial charge in [0.2, 0.25) is 5.43 Å². The molecule has 0 amide bonds. The summed E-state index contributed by atoms with van der Waals surface area (Å²) >= 11 is 0. The normalized spacial score (nSPS) is 11.6. The van der Waals surface area contributed by atoms with Crippen molar-refractivity contribution >= 4 is 33.3 Å². The topological polar surface area (TPSA) is 98.5 Å². The number of hydrogen-bond acceptors (Lipinski definition) is 7. The summed E-state index contributed by atoms with van der Waals surface area (Å²) in [4.78, 5) is 22.5. The quantitative estimate of drug-likeness (QED) is 0.192. The van der Waals surface area contributed by atoms with Crippen molar-refractivity contribution in [1.82, 2.24) is 14.5 Å². The largest absolute Gasteiger partial charge is 0.491 e. The molecule has 0 radical (unpaired) electrons. The average Bonchev–Trinajstić information content (AvgIpc) is 2.99. The Balaban J connectivity index is 1.28. The van der Waals surface area contributed by atoms with Crippen molar-refractivity contribution in [3.63, 3.8) is 0 Å². The number of aliphatic hydroxyl groups is 1. The summed E-state index contributed by atoms with van der Waals surface area (Å²) in [6.45, 7) is 5.44. The lowest BCUT2D eigenvalue weighted by molar-refractivity contribution is 0.0285. The minimum Gasteiger partial charge on any atom is -0.491 e. The first-order valence-electron chi connectivity index (χ1n) is 14.1.